The average Bonchev–Trinajstić information content (AvgIpc) is 2.76. The Morgan fingerprint density at radius 2 is 1.95 bits per heavy atom. The lowest BCUT2D eigenvalue weighted by atomic mass is 10.2. The standard InChI is InChI=1S/C15H15N3O2S/c1-4-17-11-7-5-6-8-12(11)18-13(14(17)20)9(2)21-15(18)16-10(3)19/h5-8H,4H2,1-3H3. The Bertz CT molecular complexity index is 992. The van der Waals surface area contributed by atoms with Crippen LogP contribution in [0.25, 0.3) is 16.6 Å². The van der Waals surface area contributed by atoms with Crippen molar-refractivity contribution in [3.05, 3.63) is 44.3 Å². The maximum atomic E-state index is 12.7. The van der Waals surface area contributed by atoms with Crippen molar-refractivity contribution in [1.82, 2.24) is 8.97 Å². The average molecular weight is 301 g/mol. The number of aryl methyl sites for hydroxylation is 2. The Morgan fingerprint density at radius 3 is 2.57 bits per heavy atom. The maximum absolute atomic E-state index is 12.7. The molecule has 0 N–H and O–H groups in total. The van der Waals surface area contributed by atoms with E-state index in [1.54, 1.807) is 8.97 Å². The fourth-order valence-electron chi connectivity index (χ4n) is 2.59. The van der Waals surface area contributed by atoms with Crippen LogP contribution >= 0.6 is 11.3 Å². The van der Waals surface area contributed by atoms with Crippen molar-refractivity contribution in [2.45, 2.75) is 27.3 Å². The highest BCUT2D eigenvalue weighted by Gasteiger charge is 2.14. The van der Waals surface area contributed by atoms with E-state index in [1.807, 2.05) is 38.1 Å². The molecule has 3 aromatic rings. The van der Waals surface area contributed by atoms with E-state index in [1.165, 1.54) is 18.3 Å². The number of amides is 1. The molecule has 2 heterocycles. The summed E-state index contributed by atoms with van der Waals surface area (Å²) in [6, 6.07) is 7.68. The molecule has 0 radical (unpaired) electrons. The number of thiazole rings is 1. The first-order chi connectivity index (χ1) is 10.0. The monoisotopic (exact) mass is 301 g/mol. The molecule has 0 saturated carbocycles. The second-order valence-corrected chi connectivity index (χ2v) is 5.98. The topological polar surface area (TPSA) is 55.8 Å². The summed E-state index contributed by atoms with van der Waals surface area (Å²) >= 11 is 1.37. The maximum Gasteiger partial charge on any atom is 0.276 e. The first-order valence-electron chi connectivity index (χ1n) is 6.73. The SMILES string of the molecule is CCn1c(=O)c2c(C)sc(=NC(C)=O)n2c2ccccc21. The van der Waals surface area contributed by atoms with Crippen LogP contribution in [0.1, 0.15) is 18.7 Å². The van der Waals surface area contributed by atoms with Crippen molar-refractivity contribution in [2.75, 3.05) is 0 Å². The van der Waals surface area contributed by atoms with Crippen molar-refractivity contribution in [1.29, 1.82) is 0 Å². The summed E-state index contributed by atoms with van der Waals surface area (Å²) in [5, 5.41) is 0. The molecule has 21 heavy (non-hydrogen) atoms. The molecule has 0 saturated heterocycles. The molecule has 0 aliphatic rings. The van der Waals surface area contributed by atoms with Crippen molar-refractivity contribution >= 4 is 33.8 Å². The number of hydrogen-bond donors (Lipinski definition) is 0. The van der Waals surface area contributed by atoms with Gasteiger partial charge in [0.15, 0.2) is 4.80 Å². The predicted octanol–water partition coefficient (Wildman–Crippen LogP) is 2.09. The van der Waals surface area contributed by atoms with Crippen LogP contribution in [0.5, 0.6) is 0 Å². The molecule has 2 aromatic heterocycles. The van der Waals surface area contributed by atoms with Crippen molar-refractivity contribution < 1.29 is 4.79 Å². The molecule has 0 fully saturated rings. The van der Waals surface area contributed by atoms with Gasteiger partial charge in [-0.1, -0.05) is 12.1 Å². The predicted molar refractivity (Wildman–Crippen MR) is 83.7 cm³/mol. The highest BCUT2D eigenvalue weighted by molar-refractivity contribution is 7.09. The number of carbonyl (C=O) groups is 1. The van der Waals surface area contributed by atoms with E-state index in [0.29, 0.717) is 16.9 Å². The highest BCUT2D eigenvalue weighted by atomic mass is 32.1. The van der Waals surface area contributed by atoms with Crippen LogP contribution in [-0.2, 0) is 11.3 Å². The zero-order valence-electron chi connectivity index (χ0n) is 12.1. The normalized spacial score (nSPS) is 12.4. The van der Waals surface area contributed by atoms with Crippen LogP contribution in [0.2, 0.25) is 0 Å². The smallest absolute Gasteiger partial charge is 0.276 e. The third-order valence-electron chi connectivity index (χ3n) is 3.42. The lowest BCUT2D eigenvalue weighted by molar-refractivity contribution is -0.116. The molecule has 108 valence electrons. The quantitative estimate of drug-likeness (QED) is 0.691. The van der Waals surface area contributed by atoms with Gasteiger partial charge in [-0.25, -0.2) is 0 Å². The first kappa shape index (κ1) is 13.8. The van der Waals surface area contributed by atoms with Gasteiger partial charge in [-0.2, -0.15) is 4.99 Å². The fourth-order valence-corrected chi connectivity index (χ4v) is 3.60. The van der Waals surface area contributed by atoms with Crippen molar-refractivity contribution in [3.8, 4) is 0 Å². The molecule has 3 rings (SSSR count). The molecule has 5 nitrogen and oxygen atoms in total. The van der Waals surface area contributed by atoms with Crippen LogP contribution in [-0.4, -0.2) is 14.9 Å². The van der Waals surface area contributed by atoms with Gasteiger partial charge in [-0.3, -0.25) is 14.0 Å². The van der Waals surface area contributed by atoms with E-state index >= 15 is 0 Å². The lowest BCUT2D eigenvalue weighted by Gasteiger charge is -2.10. The van der Waals surface area contributed by atoms with E-state index in [0.717, 1.165) is 15.9 Å². The number of aromatic nitrogens is 2. The van der Waals surface area contributed by atoms with Crippen LogP contribution in [0.15, 0.2) is 34.1 Å². The minimum atomic E-state index is -0.269. The van der Waals surface area contributed by atoms with Gasteiger partial charge in [0.2, 0.25) is 5.91 Å². The van der Waals surface area contributed by atoms with Gasteiger partial charge in [0.05, 0.1) is 11.0 Å². The summed E-state index contributed by atoms with van der Waals surface area (Å²) in [6.07, 6.45) is 0. The van der Waals surface area contributed by atoms with Crippen LogP contribution < -0.4 is 10.4 Å². The van der Waals surface area contributed by atoms with Gasteiger partial charge in [0.1, 0.15) is 5.52 Å². The van der Waals surface area contributed by atoms with Crippen molar-refractivity contribution in [3.63, 3.8) is 0 Å². The molecule has 0 aliphatic heterocycles. The summed E-state index contributed by atoms with van der Waals surface area (Å²) < 4.78 is 3.55. The molecular formula is C15H15N3O2S. The Labute approximate surface area is 124 Å². The number of carbonyl (C=O) groups excluding carboxylic acids is 1. The number of nitrogens with zero attached hydrogens (tertiary/aromatic N) is 3. The number of fused-ring (bicyclic) bond motifs is 3. The van der Waals surface area contributed by atoms with Gasteiger partial charge in [-0.15, -0.1) is 11.3 Å². The summed E-state index contributed by atoms with van der Waals surface area (Å²) in [5.41, 5.74) is 2.29. The molecule has 1 amide bonds. The summed E-state index contributed by atoms with van der Waals surface area (Å²) in [4.78, 5) is 29.5. The van der Waals surface area contributed by atoms with E-state index in [-0.39, 0.29) is 11.5 Å². The Morgan fingerprint density at radius 1 is 1.29 bits per heavy atom. The van der Waals surface area contributed by atoms with Crippen LogP contribution in [0.3, 0.4) is 0 Å². The fraction of sp³-hybridized carbons (Fsp3) is 0.267. The third-order valence-corrected chi connectivity index (χ3v) is 4.38. The molecule has 0 bridgehead atoms. The second kappa shape index (κ2) is 4.96. The van der Waals surface area contributed by atoms with E-state index in [2.05, 4.69) is 4.99 Å². The van der Waals surface area contributed by atoms with Gasteiger partial charge in [-0.05, 0) is 26.0 Å². The van der Waals surface area contributed by atoms with E-state index < -0.39 is 0 Å². The molecule has 0 atom stereocenters. The Hall–Kier alpha value is -2.21. The molecule has 1 aromatic carbocycles. The van der Waals surface area contributed by atoms with E-state index in [9.17, 15) is 9.59 Å². The molecule has 0 spiro atoms. The number of hydrogen-bond acceptors (Lipinski definition) is 3. The summed E-state index contributed by atoms with van der Waals surface area (Å²) in [7, 11) is 0. The van der Waals surface area contributed by atoms with Gasteiger partial charge in [0, 0.05) is 18.3 Å². The Kier molecular flexibility index (Phi) is 3.25. The van der Waals surface area contributed by atoms with Gasteiger partial charge < -0.3 is 4.57 Å². The summed E-state index contributed by atoms with van der Waals surface area (Å²) in [5.74, 6) is -0.269. The van der Waals surface area contributed by atoms with Crippen LogP contribution in [0.4, 0.5) is 0 Å². The number of para-hydroxylation sites is 2. The molecule has 6 heteroatoms. The number of rotatable bonds is 1. The zero-order valence-corrected chi connectivity index (χ0v) is 12.9. The second-order valence-electron chi connectivity index (χ2n) is 4.79. The largest absolute Gasteiger partial charge is 0.305 e. The van der Waals surface area contributed by atoms with Crippen LogP contribution in [0, 0.1) is 6.92 Å². The zero-order chi connectivity index (χ0) is 15.1. The first-order valence-corrected chi connectivity index (χ1v) is 7.55. The molecule has 0 unspecified atom stereocenters. The Balaban J connectivity index is 2.71. The highest BCUT2D eigenvalue weighted by Crippen LogP contribution is 2.17. The molecule has 0 aliphatic carbocycles. The van der Waals surface area contributed by atoms with Gasteiger partial charge >= 0.3 is 0 Å². The molecular weight excluding hydrogens is 286 g/mol. The minimum absolute atomic E-state index is 0.0463. The minimum Gasteiger partial charge on any atom is -0.305 e. The van der Waals surface area contributed by atoms with Crippen molar-refractivity contribution in [2.24, 2.45) is 4.99 Å². The summed E-state index contributed by atoms with van der Waals surface area (Å²) in [6.45, 7) is 5.85. The van der Waals surface area contributed by atoms with E-state index in [4.69, 9.17) is 0 Å². The third kappa shape index (κ3) is 2.03. The number of benzene rings is 1. The lowest BCUT2D eigenvalue weighted by Crippen LogP contribution is -2.25. The van der Waals surface area contributed by atoms with Gasteiger partial charge in [0.25, 0.3) is 5.56 Å².